The lowest BCUT2D eigenvalue weighted by Gasteiger charge is -2.08. The van der Waals surface area contributed by atoms with Crippen LogP contribution in [0, 0.1) is 0 Å². The van der Waals surface area contributed by atoms with Crippen molar-refractivity contribution in [1.29, 1.82) is 0 Å². The van der Waals surface area contributed by atoms with Gasteiger partial charge in [0, 0.05) is 23.0 Å². The van der Waals surface area contributed by atoms with E-state index in [9.17, 15) is 13.2 Å². The first-order valence-electron chi connectivity index (χ1n) is 7.44. The van der Waals surface area contributed by atoms with Crippen molar-refractivity contribution in [3.05, 3.63) is 66.4 Å². The topological polar surface area (TPSA) is 104 Å². The number of nitrogens with one attached hydrogen (secondary N) is 3. The Morgan fingerprint density at radius 3 is 2.48 bits per heavy atom. The fourth-order valence-corrected chi connectivity index (χ4v) is 3.02. The fraction of sp³-hybridized carbons (Fsp3) is 0.0588. The van der Waals surface area contributed by atoms with Gasteiger partial charge in [-0.3, -0.25) is 9.89 Å². The number of carbonyl (C=O) groups excluding carboxylic acids is 1. The largest absolute Gasteiger partial charge is 0.322 e. The Bertz CT molecular complexity index is 981. The van der Waals surface area contributed by atoms with Gasteiger partial charge in [0.1, 0.15) is 0 Å². The van der Waals surface area contributed by atoms with Crippen LogP contribution in [-0.2, 0) is 10.0 Å². The lowest BCUT2D eigenvalue weighted by molar-refractivity contribution is 0.102. The molecule has 3 N–H and O–H groups in total. The van der Waals surface area contributed by atoms with Crippen molar-refractivity contribution >= 4 is 21.6 Å². The molecule has 1 amide bonds. The van der Waals surface area contributed by atoms with Crippen LogP contribution in [0.2, 0.25) is 0 Å². The number of rotatable bonds is 5. The highest BCUT2D eigenvalue weighted by Gasteiger charge is 2.13. The number of aromatic amines is 1. The molecule has 25 heavy (non-hydrogen) atoms. The summed E-state index contributed by atoms with van der Waals surface area (Å²) in [6, 6.07) is 14.9. The van der Waals surface area contributed by atoms with E-state index in [1.807, 2.05) is 24.3 Å². The summed E-state index contributed by atoms with van der Waals surface area (Å²) in [6.07, 6.45) is 1.65. The minimum atomic E-state index is -3.52. The summed E-state index contributed by atoms with van der Waals surface area (Å²) in [5, 5.41) is 9.57. The Morgan fingerprint density at radius 1 is 1.08 bits per heavy atom. The van der Waals surface area contributed by atoms with Crippen molar-refractivity contribution in [3.8, 4) is 11.3 Å². The number of H-pyrrole nitrogens is 1. The molecule has 0 spiro atoms. The van der Waals surface area contributed by atoms with Gasteiger partial charge >= 0.3 is 0 Å². The van der Waals surface area contributed by atoms with E-state index in [0.29, 0.717) is 11.3 Å². The van der Waals surface area contributed by atoms with Gasteiger partial charge in [-0.1, -0.05) is 12.1 Å². The number of hydrogen-bond donors (Lipinski definition) is 3. The Kier molecular flexibility index (Phi) is 4.64. The molecule has 0 aliphatic carbocycles. The molecule has 0 aliphatic heterocycles. The van der Waals surface area contributed by atoms with Crippen LogP contribution in [0.4, 0.5) is 5.69 Å². The maximum absolute atomic E-state index is 12.3. The van der Waals surface area contributed by atoms with Crippen LogP contribution in [0.25, 0.3) is 11.3 Å². The first kappa shape index (κ1) is 16.9. The molecule has 1 heterocycles. The number of carbonyl (C=O) groups is 1. The van der Waals surface area contributed by atoms with Crippen molar-refractivity contribution < 1.29 is 13.2 Å². The Morgan fingerprint density at radius 2 is 1.84 bits per heavy atom. The zero-order chi connectivity index (χ0) is 17.9. The number of nitrogens with zero attached hydrogens (tertiary/aromatic N) is 1. The quantitative estimate of drug-likeness (QED) is 0.652. The second-order valence-electron chi connectivity index (χ2n) is 5.24. The molecular weight excluding hydrogens is 340 g/mol. The van der Waals surface area contributed by atoms with Gasteiger partial charge in [0.15, 0.2) is 0 Å². The molecule has 1 aromatic heterocycles. The molecule has 0 atom stereocenters. The average Bonchev–Trinajstić information content (AvgIpc) is 3.17. The van der Waals surface area contributed by atoms with Crippen LogP contribution < -0.4 is 10.0 Å². The zero-order valence-corrected chi connectivity index (χ0v) is 14.2. The smallest absolute Gasteiger partial charge is 0.255 e. The number of amides is 1. The minimum Gasteiger partial charge on any atom is -0.322 e. The highest BCUT2D eigenvalue weighted by atomic mass is 32.2. The molecule has 3 aromatic rings. The van der Waals surface area contributed by atoms with Crippen molar-refractivity contribution in [2.24, 2.45) is 0 Å². The van der Waals surface area contributed by atoms with E-state index in [0.717, 1.165) is 11.3 Å². The zero-order valence-electron chi connectivity index (χ0n) is 13.4. The summed E-state index contributed by atoms with van der Waals surface area (Å²) >= 11 is 0. The van der Waals surface area contributed by atoms with Gasteiger partial charge in [-0.05, 0) is 49.5 Å². The van der Waals surface area contributed by atoms with Gasteiger partial charge in [0.25, 0.3) is 5.91 Å². The molecule has 8 heteroatoms. The van der Waals surface area contributed by atoms with Gasteiger partial charge in [-0.15, -0.1) is 0 Å². The van der Waals surface area contributed by atoms with Crippen molar-refractivity contribution in [2.45, 2.75) is 4.90 Å². The minimum absolute atomic E-state index is 0.104. The molecule has 0 saturated carbocycles. The highest BCUT2D eigenvalue weighted by Crippen LogP contribution is 2.21. The second kappa shape index (κ2) is 6.88. The van der Waals surface area contributed by atoms with Gasteiger partial charge in [0.05, 0.1) is 10.6 Å². The molecule has 0 fully saturated rings. The van der Waals surface area contributed by atoms with E-state index in [-0.39, 0.29) is 10.8 Å². The van der Waals surface area contributed by atoms with Crippen LogP contribution in [0.15, 0.2) is 65.7 Å². The molecule has 0 radical (unpaired) electrons. The van der Waals surface area contributed by atoms with E-state index < -0.39 is 10.0 Å². The van der Waals surface area contributed by atoms with Gasteiger partial charge in [-0.2, -0.15) is 5.10 Å². The summed E-state index contributed by atoms with van der Waals surface area (Å²) in [5.74, 6) is -0.324. The predicted octanol–water partition coefficient (Wildman–Crippen LogP) is 2.24. The molecule has 2 aromatic carbocycles. The lowest BCUT2D eigenvalue weighted by atomic mass is 10.1. The first-order chi connectivity index (χ1) is 12.0. The first-order valence-corrected chi connectivity index (χ1v) is 8.93. The summed E-state index contributed by atoms with van der Waals surface area (Å²) in [6.45, 7) is 0. The normalized spacial score (nSPS) is 11.2. The number of hydrogen-bond acceptors (Lipinski definition) is 4. The summed E-state index contributed by atoms with van der Waals surface area (Å²) < 4.78 is 25.6. The van der Waals surface area contributed by atoms with Gasteiger partial charge < -0.3 is 5.32 Å². The van der Waals surface area contributed by atoms with Crippen LogP contribution >= 0.6 is 0 Å². The third kappa shape index (κ3) is 3.76. The van der Waals surface area contributed by atoms with E-state index in [1.54, 1.807) is 12.3 Å². The monoisotopic (exact) mass is 356 g/mol. The molecular formula is C17H16N4O3S. The fourth-order valence-electron chi connectivity index (χ4n) is 2.29. The van der Waals surface area contributed by atoms with Crippen LogP contribution in [0.1, 0.15) is 10.4 Å². The van der Waals surface area contributed by atoms with Crippen molar-refractivity contribution in [1.82, 2.24) is 14.9 Å². The maximum Gasteiger partial charge on any atom is 0.255 e. The van der Waals surface area contributed by atoms with Crippen LogP contribution in [0.5, 0.6) is 0 Å². The molecule has 3 rings (SSSR count). The van der Waals surface area contributed by atoms with E-state index in [2.05, 4.69) is 20.2 Å². The third-order valence-electron chi connectivity index (χ3n) is 3.63. The summed E-state index contributed by atoms with van der Waals surface area (Å²) in [5.41, 5.74) is 2.73. The van der Waals surface area contributed by atoms with E-state index in [4.69, 9.17) is 0 Å². The maximum atomic E-state index is 12.3. The predicted molar refractivity (Wildman–Crippen MR) is 94.7 cm³/mol. The highest BCUT2D eigenvalue weighted by molar-refractivity contribution is 7.89. The van der Waals surface area contributed by atoms with E-state index in [1.165, 1.54) is 31.3 Å². The average molecular weight is 356 g/mol. The summed E-state index contributed by atoms with van der Waals surface area (Å²) in [7, 11) is -2.19. The molecule has 0 saturated heterocycles. The van der Waals surface area contributed by atoms with Gasteiger partial charge in [0.2, 0.25) is 10.0 Å². The SMILES string of the molecule is CNS(=O)(=O)c1ccc(C(=O)Nc2cccc(-c3ccn[nH]3)c2)cc1. The number of benzene rings is 2. The number of anilines is 1. The third-order valence-corrected chi connectivity index (χ3v) is 5.06. The van der Waals surface area contributed by atoms with Crippen molar-refractivity contribution in [3.63, 3.8) is 0 Å². The van der Waals surface area contributed by atoms with Crippen LogP contribution in [0.3, 0.4) is 0 Å². The molecule has 0 bridgehead atoms. The van der Waals surface area contributed by atoms with Crippen LogP contribution in [-0.4, -0.2) is 31.6 Å². The lowest BCUT2D eigenvalue weighted by Crippen LogP contribution is -2.19. The molecule has 7 nitrogen and oxygen atoms in total. The molecule has 128 valence electrons. The number of aromatic nitrogens is 2. The van der Waals surface area contributed by atoms with Crippen molar-refractivity contribution in [2.75, 3.05) is 12.4 Å². The standard InChI is InChI=1S/C17H16N4O3S/c1-18-25(23,24)15-7-5-12(6-8-15)17(22)20-14-4-2-3-13(11-14)16-9-10-19-21-16/h2-11,18H,1H3,(H,19,21)(H,20,22). The van der Waals surface area contributed by atoms with E-state index >= 15 is 0 Å². The Labute approximate surface area is 145 Å². The molecule has 0 aliphatic rings. The second-order valence-corrected chi connectivity index (χ2v) is 7.12. The van der Waals surface area contributed by atoms with Gasteiger partial charge in [-0.25, -0.2) is 13.1 Å². The Balaban J connectivity index is 1.78. The Hall–Kier alpha value is -2.97. The summed E-state index contributed by atoms with van der Waals surface area (Å²) in [4.78, 5) is 12.5. The molecule has 0 unspecified atom stereocenters. The number of sulfonamides is 1.